The normalized spacial score (nSPS) is 12.9. The van der Waals surface area contributed by atoms with Gasteiger partial charge in [-0.1, -0.05) is 133 Å². The van der Waals surface area contributed by atoms with Crippen LogP contribution in [0.4, 0.5) is 0 Å². The van der Waals surface area contributed by atoms with Gasteiger partial charge in [-0.05, 0) is 40.5 Å². The van der Waals surface area contributed by atoms with Gasteiger partial charge in [-0.25, -0.2) is 15.0 Å². The molecule has 2 heterocycles. The highest BCUT2D eigenvalue weighted by Crippen LogP contribution is 2.37. The van der Waals surface area contributed by atoms with Gasteiger partial charge in [0.2, 0.25) is 0 Å². The van der Waals surface area contributed by atoms with Gasteiger partial charge in [0.15, 0.2) is 17.5 Å². The molecule has 8 rings (SSSR count). The number of hydrogen-bond acceptors (Lipinski definition) is 4. The van der Waals surface area contributed by atoms with Crippen LogP contribution in [0.1, 0.15) is 6.85 Å². The van der Waals surface area contributed by atoms with Gasteiger partial charge in [0.1, 0.15) is 11.2 Å². The van der Waals surface area contributed by atoms with Crippen molar-refractivity contribution in [2.45, 2.75) is 0 Å². The predicted molar refractivity (Wildman–Crippen MR) is 174 cm³/mol. The van der Waals surface area contributed by atoms with E-state index in [0.29, 0.717) is 39.8 Å². The van der Waals surface area contributed by atoms with E-state index in [2.05, 4.69) is 24.3 Å². The Morgan fingerprint density at radius 1 is 0.442 bits per heavy atom. The maximum atomic E-state index is 8.47. The molecular formula is C39H25N3O. The summed E-state index contributed by atoms with van der Waals surface area (Å²) in [6.07, 6.45) is 0. The maximum Gasteiger partial charge on any atom is 0.167 e. The molecule has 0 saturated carbocycles. The molecule has 0 N–H and O–H groups in total. The van der Waals surface area contributed by atoms with Crippen molar-refractivity contribution >= 4 is 21.9 Å². The van der Waals surface area contributed by atoms with Crippen molar-refractivity contribution in [1.82, 2.24) is 15.0 Å². The Kier molecular flexibility index (Phi) is 4.91. The summed E-state index contributed by atoms with van der Waals surface area (Å²) in [6.45, 7) is 0. The van der Waals surface area contributed by atoms with Crippen molar-refractivity contribution in [3.05, 3.63) is 152 Å². The average Bonchev–Trinajstić information content (AvgIpc) is 3.52. The van der Waals surface area contributed by atoms with Crippen LogP contribution in [0.5, 0.6) is 0 Å². The van der Waals surface area contributed by atoms with Crippen LogP contribution in [-0.2, 0) is 0 Å². The fraction of sp³-hybridized carbons (Fsp3) is 0. The number of fused-ring (bicyclic) bond motifs is 3. The van der Waals surface area contributed by atoms with Gasteiger partial charge in [0.05, 0.1) is 12.4 Å². The zero-order valence-corrected chi connectivity index (χ0v) is 22.8. The van der Waals surface area contributed by atoms with Crippen LogP contribution < -0.4 is 0 Å². The molecule has 4 heteroatoms. The molecule has 0 fully saturated rings. The highest BCUT2D eigenvalue weighted by atomic mass is 16.3. The minimum absolute atomic E-state index is 0.140. The first kappa shape index (κ1) is 20.1. The lowest BCUT2D eigenvalue weighted by Gasteiger charge is -2.09. The lowest BCUT2D eigenvalue weighted by atomic mass is 10.0. The Balaban J connectivity index is 1.29. The Morgan fingerprint density at radius 2 is 1.02 bits per heavy atom. The van der Waals surface area contributed by atoms with Gasteiger partial charge >= 0.3 is 0 Å². The quantitative estimate of drug-likeness (QED) is 0.212. The fourth-order valence-electron chi connectivity index (χ4n) is 5.31. The molecule has 0 atom stereocenters. The number of rotatable bonds is 5. The standard InChI is InChI=1S/C39H25N3O/c1-4-11-26(12-5-1)28-19-21-30(22-20-28)38-40-37(29-15-8-3-9-16-29)41-39(42-38)33-18-10-17-32-34-25-31(27-13-6-2-7-14-27)23-24-35(34)43-36(32)33/h1-25H/i2D,6D,7D,13D,14D. The van der Waals surface area contributed by atoms with E-state index in [4.69, 9.17) is 26.2 Å². The molecule has 202 valence electrons. The Morgan fingerprint density at radius 3 is 1.74 bits per heavy atom. The molecule has 0 bridgehead atoms. The molecule has 0 saturated heterocycles. The van der Waals surface area contributed by atoms with Crippen molar-refractivity contribution < 1.29 is 11.3 Å². The van der Waals surface area contributed by atoms with E-state index in [1.807, 2.05) is 78.9 Å². The summed E-state index contributed by atoms with van der Waals surface area (Å²) in [7, 11) is 0. The lowest BCUT2D eigenvalue weighted by Crippen LogP contribution is -2.00. The summed E-state index contributed by atoms with van der Waals surface area (Å²) in [5.74, 6) is 1.50. The molecule has 0 unspecified atom stereocenters. The van der Waals surface area contributed by atoms with E-state index >= 15 is 0 Å². The first-order valence-electron chi connectivity index (χ1n) is 16.4. The third kappa shape index (κ3) is 4.65. The van der Waals surface area contributed by atoms with E-state index in [1.165, 1.54) is 0 Å². The zero-order chi connectivity index (χ0) is 32.9. The van der Waals surface area contributed by atoms with Crippen LogP contribution in [0.25, 0.3) is 78.4 Å². The van der Waals surface area contributed by atoms with Crippen molar-refractivity contribution in [3.63, 3.8) is 0 Å². The monoisotopic (exact) mass is 556 g/mol. The second kappa shape index (κ2) is 10.5. The Bertz CT molecular complexity index is 2470. The molecule has 4 nitrogen and oxygen atoms in total. The van der Waals surface area contributed by atoms with Crippen molar-refractivity contribution in [2.24, 2.45) is 0 Å². The summed E-state index contributed by atoms with van der Waals surface area (Å²) in [5, 5.41) is 1.53. The second-order valence-corrected chi connectivity index (χ2v) is 10.1. The molecule has 6 aromatic carbocycles. The smallest absolute Gasteiger partial charge is 0.167 e. The zero-order valence-electron chi connectivity index (χ0n) is 27.8. The number of furan rings is 1. The predicted octanol–water partition coefficient (Wildman–Crippen LogP) is 10.1. The van der Waals surface area contributed by atoms with Crippen molar-refractivity contribution in [3.8, 4) is 56.4 Å². The minimum atomic E-state index is -0.424. The van der Waals surface area contributed by atoms with Crippen LogP contribution in [-0.4, -0.2) is 15.0 Å². The van der Waals surface area contributed by atoms with Gasteiger partial charge in [0.25, 0.3) is 0 Å². The summed E-state index contributed by atoms with van der Waals surface area (Å²) in [4.78, 5) is 14.7. The SMILES string of the molecule is [2H]c1c([2H])c([2H])c(-c2ccc3oc4c(-c5nc(-c6ccccc6)nc(-c6ccc(-c7ccccc7)cc6)n5)cccc4c3c2)c([2H])c1[2H]. The highest BCUT2D eigenvalue weighted by Gasteiger charge is 2.18. The van der Waals surface area contributed by atoms with E-state index in [-0.39, 0.29) is 29.7 Å². The van der Waals surface area contributed by atoms with Crippen LogP contribution in [0.15, 0.2) is 156 Å². The summed E-state index contributed by atoms with van der Waals surface area (Å²) < 4.78 is 47.6. The van der Waals surface area contributed by atoms with Crippen LogP contribution in [0.3, 0.4) is 0 Å². The molecule has 8 aromatic rings. The number of para-hydroxylation sites is 1. The molecular weight excluding hydrogens is 526 g/mol. The van der Waals surface area contributed by atoms with Crippen molar-refractivity contribution in [2.75, 3.05) is 0 Å². The maximum absolute atomic E-state index is 8.47. The molecule has 0 spiro atoms. The fourth-order valence-corrected chi connectivity index (χ4v) is 5.31. The molecule has 43 heavy (non-hydrogen) atoms. The van der Waals surface area contributed by atoms with Crippen molar-refractivity contribution in [1.29, 1.82) is 0 Å². The van der Waals surface area contributed by atoms with E-state index < -0.39 is 6.04 Å². The highest BCUT2D eigenvalue weighted by molar-refractivity contribution is 6.10. The molecule has 0 aliphatic heterocycles. The molecule has 0 radical (unpaired) electrons. The van der Waals surface area contributed by atoms with Gasteiger partial charge in [-0.3, -0.25) is 0 Å². The van der Waals surface area contributed by atoms with Gasteiger partial charge in [-0.15, -0.1) is 0 Å². The summed E-state index contributed by atoms with van der Waals surface area (Å²) >= 11 is 0. The third-order valence-electron chi connectivity index (χ3n) is 7.44. The van der Waals surface area contributed by atoms with Crippen LogP contribution in [0.2, 0.25) is 0 Å². The first-order chi connectivity index (χ1) is 23.4. The summed E-state index contributed by atoms with van der Waals surface area (Å²) in [5.41, 5.74) is 6.38. The molecule has 0 amide bonds. The number of hydrogen-bond donors (Lipinski definition) is 0. The van der Waals surface area contributed by atoms with E-state index in [9.17, 15) is 0 Å². The van der Waals surface area contributed by atoms with E-state index in [1.54, 1.807) is 18.2 Å². The largest absolute Gasteiger partial charge is 0.455 e. The summed E-state index contributed by atoms with van der Waals surface area (Å²) in [6, 6.07) is 37.4. The third-order valence-corrected chi connectivity index (χ3v) is 7.44. The lowest BCUT2D eigenvalue weighted by molar-refractivity contribution is 0.669. The first-order valence-corrected chi connectivity index (χ1v) is 13.9. The van der Waals surface area contributed by atoms with Crippen LogP contribution in [0, 0.1) is 0 Å². The Labute approximate surface area is 256 Å². The number of nitrogens with zero attached hydrogens (tertiary/aromatic N) is 3. The van der Waals surface area contributed by atoms with Crippen LogP contribution >= 0.6 is 0 Å². The molecule has 0 aliphatic rings. The van der Waals surface area contributed by atoms with Gasteiger partial charge in [0, 0.05) is 21.9 Å². The average molecular weight is 557 g/mol. The molecule has 0 aliphatic carbocycles. The molecule has 2 aromatic heterocycles. The second-order valence-electron chi connectivity index (χ2n) is 10.1. The number of aromatic nitrogens is 3. The minimum Gasteiger partial charge on any atom is -0.455 e. The number of benzene rings is 6. The van der Waals surface area contributed by atoms with E-state index in [0.717, 1.165) is 33.0 Å². The van der Waals surface area contributed by atoms with Gasteiger partial charge in [-0.2, -0.15) is 0 Å². The van der Waals surface area contributed by atoms with Gasteiger partial charge < -0.3 is 4.42 Å². The Hall–Kier alpha value is -5.87. The topological polar surface area (TPSA) is 51.8 Å².